The summed E-state index contributed by atoms with van der Waals surface area (Å²) in [5, 5.41) is 0. The molecule has 0 fully saturated rings. The molecule has 0 atom stereocenters. The van der Waals surface area contributed by atoms with Gasteiger partial charge < -0.3 is 37.9 Å². The van der Waals surface area contributed by atoms with Crippen molar-refractivity contribution in [2.45, 2.75) is 142 Å². The SMILES string of the molecule is C=CC(C)(C)c1cc(/C=C/C(=O)c2ccc(OC(=O)C(C)(C)C)cc2)c(OC(C)C)cc1OC(=O)C(C)(C)C.CCCc1cc(/C=C/C(=O)c2ccc(OCOC(=O)C(C)(C)C)cc2)c(OC)cc1OCOC(=O)C(C)(C)C. The van der Waals surface area contributed by atoms with Gasteiger partial charge >= 0.3 is 23.9 Å². The van der Waals surface area contributed by atoms with Crippen LogP contribution in [0.25, 0.3) is 12.2 Å². The smallest absolute Gasteiger partial charge is 0.316 e. The molecule has 14 nitrogen and oxygen atoms in total. The van der Waals surface area contributed by atoms with E-state index >= 15 is 0 Å². The Morgan fingerprint density at radius 2 is 0.962 bits per heavy atom. The first kappa shape index (κ1) is 64.8. The van der Waals surface area contributed by atoms with Crippen LogP contribution in [0.4, 0.5) is 0 Å². The van der Waals surface area contributed by atoms with Gasteiger partial charge in [0, 0.05) is 45.4 Å². The first-order chi connectivity index (χ1) is 36.1. The van der Waals surface area contributed by atoms with E-state index in [4.69, 9.17) is 37.9 Å². The number of methoxy groups -OCH3 is 1. The Balaban J connectivity index is 0.000000410. The molecule has 0 bridgehead atoms. The third-order valence-electron chi connectivity index (χ3n) is 11.4. The monoisotopic (exact) mass is 1070 g/mol. The molecule has 4 rings (SSSR count). The number of hydrogen-bond acceptors (Lipinski definition) is 14. The minimum Gasteiger partial charge on any atom is -0.496 e. The third-order valence-corrected chi connectivity index (χ3v) is 11.4. The molecule has 0 N–H and O–H groups in total. The van der Waals surface area contributed by atoms with Crippen LogP contribution in [0.2, 0.25) is 0 Å². The van der Waals surface area contributed by atoms with Gasteiger partial charge in [-0.25, -0.2) is 0 Å². The zero-order chi connectivity index (χ0) is 59.0. The summed E-state index contributed by atoms with van der Waals surface area (Å²) in [6.45, 7) is 34.7. The molecule has 0 aliphatic heterocycles. The molecule has 0 aliphatic carbocycles. The van der Waals surface area contributed by atoms with E-state index in [0.29, 0.717) is 56.8 Å². The van der Waals surface area contributed by atoms with Crippen LogP contribution in [0, 0.1) is 21.7 Å². The lowest BCUT2D eigenvalue weighted by atomic mass is 9.83. The molecular formula is C64H82O14. The van der Waals surface area contributed by atoms with E-state index in [1.165, 1.54) is 19.3 Å². The number of allylic oxidation sites excluding steroid dienone is 3. The maximum Gasteiger partial charge on any atom is 0.316 e. The second kappa shape index (κ2) is 27.7. The molecule has 78 heavy (non-hydrogen) atoms. The van der Waals surface area contributed by atoms with E-state index < -0.39 is 27.1 Å². The first-order valence-corrected chi connectivity index (χ1v) is 26.0. The summed E-state index contributed by atoms with van der Waals surface area (Å²) < 4.78 is 44.3. The predicted octanol–water partition coefficient (Wildman–Crippen LogP) is 14.1. The Labute approximate surface area is 462 Å². The molecule has 0 amide bonds. The number of rotatable bonds is 21. The van der Waals surface area contributed by atoms with Crippen LogP contribution in [0.1, 0.15) is 167 Å². The molecule has 0 saturated carbocycles. The van der Waals surface area contributed by atoms with Crippen LogP contribution in [-0.4, -0.2) is 62.2 Å². The van der Waals surface area contributed by atoms with Gasteiger partial charge in [0.15, 0.2) is 11.6 Å². The molecule has 422 valence electrons. The highest BCUT2D eigenvalue weighted by atomic mass is 16.7. The fourth-order valence-corrected chi connectivity index (χ4v) is 6.46. The highest BCUT2D eigenvalue weighted by molar-refractivity contribution is 6.07. The Bertz CT molecular complexity index is 2800. The molecule has 0 heterocycles. The van der Waals surface area contributed by atoms with Crippen molar-refractivity contribution in [1.29, 1.82) is 0 Å². The summed E-state index contributed by atoms with van der Waals surface area (Å²) in [6.07, 6.45) is 9.55. The van der Waals surface area contributed by atoms with Crippen molar-refractivity contribution in [2.75, 3.05) is 20.7 Å². The van der Waals surface area contributed by atoms with Crippen LogP contribution in [0.3, 0.4) is 0 Å². The minimum atomic E-state index is -0.694. The number of carbonyl (C=O) groups is 6. The highest BCUT2D eigenvalue weighted by Gasteiger charge is 2.30. The molecule has 0 saturated heterocycles. The van der Waals surface area contributed by atoms with Gasteiger partial charge in [0.05, 0.1) is 34.9 Å². The third kappa shape index (κ3) is 20.1. The van der Waals surface area contributed by atoms with Crippen LogP contribution in [0.5, 0.6) is 34.5 Å². The number of esters is 4. The van der Waals surface area contributed by atoms with E-state index in [1.54, 1.807) is 162 Å². The minimum absolute atomic E-state index is 0.152. The van der Waals surface area contributed by atoms with E-state index in [1.807, 2.05) is 39.8 Å². The molecule has 0 unspecified atom stereocenters. The summed E-state index contributed by atoms with van der Waals surface area (Å²) >= 11 is 0. The maximum atomic E-state index is 13.0. The second-order valence-electron chi connectivity index (χ2n) is 23.5. The van der Waals surface area contributed by atoms with Crippen LogP contribution in [0.15, 0.2) is 97.6 Å². The highest BCUT2D eigenvalue weighted by Crippen LogP contribution is 2.40. The van der Waals surface area contributed by atoms with Gasteiger partial charge in [-0.15, -0.1) is 6.58 Å². The van der Waals surface area contributed by atoms with Crippen LogP contribution >= 0.6 is 0 Å². The van der Waals surface area contributed by atoms with Gasteiger partial charge in [-0.05, 0) is 194 Å². The number of benzene rings is 4. The van der Waals surface area contributed by atoms with Crippen LogP contribution < -0.4 is 28.4 Å². The number of carbonyl (C=O) groups excluding carboxylic acids is 6. The summed E-state index contributed by atoms with van der Waals surface area (Å²) in [5.74, 6) is 0.940. The van der Waals surface area contributed by atoms with Gasteiger partial charge in [0.25, 0.3) is 0 Å². The maximum absolute atomic E-state index is 13.0. The summed E-state index contributed by atoms with van der Waals surface area (Å²) in [4.78, 5) is 74.5. The lowest BCUT2D eigenvalue weighted by molar-refractivity contribution is -0.160. The molecule has 0 spiro atoms. The van der Waals surface area contributed by atoms with E-state index in [0.717, 1.165) is 24.0 Å². The van der Waals surface area contributed by atoms with Gasteiger partial charge in [-0.2, -0.15) is 0 Å². The quantitative estimate of drug-likeness (QED) is 0.0192. The lowest BCUT2D eigenvalue weighted by Crippen LogP contribution is -2.27. The number of ketones is 2. The average Bonchev–Trinajstić information content (AvgIpc) is 3.34. The molecular weight excluding hydrogens is 993 g/mol. The topological polar surface area (TPSA) is 176 Å². The number of aryl methyl sites for hydroxylation is 1. The molecule has 14 heteroatoms. The fraction of sp³-hybridized carbons (Fsp3) is 0.438. The molecule has 0 radical (unpaired) electrons. The van der Waals surface area contributed by atoms with Crippen LogP contribution in [-0.2, 0) is 40.5 Å². The Hall–Kier alpha value is -7.48. The van der Waals surface area contributed by atoms with Gasteiger partial charge in [0.2, 0.25) is 13.6 Å². The normalized spacial score (nSPS) is 12.0. The largest absolute Gasteiger partial charge is 0.496 e. The van der Waals surface area contributed by atoms with E-state index in [2.05, 4.69) is 13.5 Å². The number of hydrogen-bond donors (Lipinski definition) is 0. The van der Waals surface area contributed by atoms with Crippen molar-refractivity contribution >= 4 is 47.6 Å². The molecule has 0 aromatic heterocycles. The van der Waals surface area contributed by atoms with Crippen molar-refractivity contribution in [3.05, 3.63) is 131 Å². The van der Waals surface area contributed by atoms with Crippen molar-refractivity contribution < 1.29 is 66.7 Å². The second-order valence-corrected chi connectivity index (χ2v) is 23.5. The van der Waals surface area contributed by atoms with Crippen molar-refractivity contribution in [3.8, 4) is 34.5 Å². The van der Waals surface area contributed by atoms with Gasteiger partial charge in [-0.3, -0.25) is 28.8 Å². The molecule has 4 aromatic carbocycles. The number of ether oxygens (including phenoxy) is 8. The van der Waals surface area contributed by atoms with E-state index in [-0.39, 0.29) is 55.1 Å². The zero-order valence-electron chi connectivity index (χ0n) is 49.1. The van der Waals surface area contributed by atoms with Crippen molar-refractivity contribution in [3.63, 3.8) is 0 Å². The zero-order valence-corrected chi connectivity index (χ0v) is 49.1. The average molecular weight is 1080 g/mol. The predicted molar refractivity (Wildman–Crippen MR) is 304 cm³/mol. The summed E-state index contributed by atoms with van der Waals surface area (Å²) in [6, 6.07) is 20.2. The summed E-state index contributed by atoms with van der Waals surface area (Å²) in [7, 11) is 1.54. The Morgan fingerprint density at radius 1 is 0.526 bits per heavy atom. The Morgan fingerprint density at radius 3 is 1.40 bits per heavy atom. The van der Waals surface area contributed by atoms with E-state index in [9.17, 15) is 28.8 Å². The van der Waals surface area contributed by atoms with Crippen molar-refractivity contribution in [1.82, 2.24) is 0 Å². The molecule has 4 aromatic rings. The van der Waals surface area contributed by atoms with Gasteiger partial charge in [-0.1, -0.05) is 33.3 Å². The van der Waals surface area contributed by atoms with Gasteiger partial charge in [0.1, 0.15) is 34.5 Å². The molecule has 0 aliphatic rings. The standard InChI is InChI=1S/C33H42O6.C31H40O8/c1-12-33(10,11)25-19-23(27(37-21(2)3)20-28(25)39-30(36)32(7,8)9)15-18-26(34)22-13-16-24(17-14-22)38-29(35)31(4,5)6;1-9-10-22-17-23(26(35-8)18-27(22)37-20-39-29(34)31(5,6)7)13-16-25(32)21-11-14-24(15-12-21)36-19-38-28(33)30(2,3)4/h12-21H,1H2,2-11H3;11-18H,9-10,19-20H2,1-8H3/b18-15+;16-13+. The van der Waals surface area contributed by atoms with Crippen molar-refractivity contribution in [2.24, 2.45) is 21.7 Å². The fourth-order valence-electron chi connectivity index (χ4n) is 6.46. The first-order valence-electron chi connectivity index (χ1n) is 26.0. The summed E-state index contributed by atoms with van der Waals surface area (Å²) in [5.41, 5.74) is 0.845. The Kier molecular flexibility index (Phi) is 23.0. The lowest BCUT2D eigenvalue weighted by Gasteiger charge is -2.27.